The average Bonchev–Trinajstić information content (AvgIpc) is 3.00. The van der Waals surface area contributed by atoms with Crippen molar-refractivity contribution in [3.8, 4) is 5.75 Å². The number of rotatable bonds is 3. The molecule has 4 nitrogen and oxygen atoms in total. The van der Waals surface area contributed by atoms with Crippen LogP contribution in [0.3, 0.4) is 0 Å². The van der Waals surface area contributed by atoms with E-state index in [0.717, 1.165) is 24.5 Å². The van der Waals surface area contributed by atoms with Crippen molar-refractivity contribution in [2.45, 2.75) is 13.0 Å². The molecule has 1 heterocycles. The van der Waals surface area contributed by atoms with Crippen LogP contribution in [0, 0.1) is 5.82 Å². The van der Waals surface area contributed by atoms with Gasteiger partial charge in [-0.3, -0.25) is 4.99 Å². The maximum absolute atomic E-state index is 13.8. The van der Waals surface area contributed by atoms with Crippen LogP contribution in [0.5, 0.6) is 5.75 Å². The fourth-order valence-electron chi connectivity index (χ4n) is 2.85. The van der Waals surface area contributed by atoms with E-state index in [2.05, 4.69) is 33.4 Å². The summed E-state index contributed by atoms with van der Waals surface area (Å²) in [5.74, 6) is 0.700. The van der Waals surface area contributed by atoms with Gasteiger partial charge < -0.3 is 15.0 Å². The summed E-state index contributed by atoms with van der Waals surface area (Å²) < 4.78 is 18.7. The molecule has 6 heteroatoms. The minimum Gasteiger partial charge on any atom is -0.494 e. The normalized spacial score (nSPS) is 13.3. The Labute approximate surface area is 158 Å². The molecule has 0 fully saturated rings. The monoisotopic (exact) mass is 441 g/mol. The van der Waals surface area contributed by atoms with E-state index in [9.17, 15) is 4.39 Å². The number of ether oxygens (including phenoxy) is 1. The SMILES string of the molecule is CN=C(NCc1ccc(OC)c(F)c1)N1CCc2ccccc21.I. The molecule has 0 amide bonds. The summed E-state index contributed by atoms with van der Waals surface area (Å²) in [5.41, 5.74) is 3.35. The Hall–Kier alpha value is -1.83. The van der Waals surface area contributed by atoms with E-state index in [-0.39, 0.29) is 35.5 Å². The van der Waals surface area contributed by atoms with Gasteiger partial charge in [0.2, 0.25) is 0 Å². The van der Waals surface area contributed by atoms with Gasteiger partial charge in [0.15, 0.2) is 17.5 Å². The largest absolute Gasteiger partial charge is 0.494 e. The van der Waals surface area contributed by atoms with Gasteiger partial charge in [-0.25, -0.2) is 4.39 Å². The maximum atomic E-state index is 13.8. The number of anilines is 1. The zero-order valence-corrected chi connectivity index (χ0v) is 16.1. The molecule has 0 saturated heterocycles. The number of nitrogens with one attached hydrogen (secondary N) is 1. The van der Waals surface area contributed by atoms with Crippen molar-refractivity contribution in [1.29, 1.82) is 0 Å². The topological polar surface area (TPSA) is 36.9 Å². The number of nitrogens with zero attached hydrogens (tertiary/aromatic N) is 2. The Balaban J connectivity index is 0.00000208. The number of methoxy groups -OCH3 is 1. The van der Waals surface area contributed by atoms with Crippen LogP contribution in [0.2, 0.25) is 0 Å². The molecule has 0 unspecified atom stereocenters. The van der Waals surface area contributed by atoms with Crippen LogP contribution < -0.4 is 15.0 Å². The molecule has 0 bridgehead atoms. The third-order valence-corrected chi connectivity index (χ3v) is 4.02. The number of hydrogen-bond acceptors (Lipinski definition) is 2. The molecule has 1 aliphatic heterocycles. The Morgan fingerprint density at radius 1 is 1.29 bits per heavy atom. The lowest BCUT2D eigenvalue weighted by molar-refractivity contribution is 0.386. The zero-order chi connectivity index (χ0) is 16.2. The summed E-state index contributed by atoms with van der Waals surface area (Å²) in [6.07, 6.45) is 1.01. The number of hydrogen-bond donors (Lipinski definition) is 1. The second-order valence-corrected chi connectivity index (χ2v) is 5.40. The van der Waals surface area contributed by atoms with Gasteiger partial charge in [0.1, 0.15) is 0 Å². The number of fused-ring (bicyclic) bond motifs is 1. The highest BCUT2D eigenvalue weighted by atomic mass is 127. The summed E-state index contributed by atoms with van der Waals surface area (Å²) in [6, 6.07) is 13.3. The highest BCUT2D eigenvalue weighted by Gasteiger charge is 2.22. The van der Waals surface area contributed by atoms with Gasteiger partial charge in [-0.15, -0.1) is 24.0 Å². The van der Waals surface area contributed by atoms with Crippen LogP contribution in [0.4, 0.5) is 10.1 Å². The molecule has 0 aliphatic carbocycles. The third kappa shape index (κ3) is 3.80. The summed E-state index contributed by atoms with van der Waals surface area (Å²) in [4.78, 5) is 6.52. The summed E-state index contributed by atoms with van der Waals surface area (Å²) >= 11 is 0. The van der Waals surface area contributed by atoms with Crippen molar-refractivity contribution in [2.24, 2.45) is 4.99 Å². The Bertz CT molecular complexity index is 736. The predicted octanol–water partition coefficient (Wildman–Crippen LogP) is 3.59. The molecule has 0 atom stereocenters. The second kappa shape index (κ2) is 8.32. The standard InChI is InChI=1S/C18H20FN3O.HI/c1-20-18(22-10-9-14-5-3-4-6-16(14)22)21-12-13-7-8-17(23-2)15(19)11-13;/h3-8,11H,9-10,12H2,1-2H3,(H,20,21);1H. The Morgan fingerprint density at radius 3 is 2.79 bits per heavy atom. The third-order valence-electron chi connectivity index (χ3n) is 4.02. The van der Waals surface area contributed by atoms with Gasteiger partial charge >= 0.3 is 0 Å². The minimum atomic E-state index is -0.353. The number of para-hydroxylation sites is 1. The average molecular weight is 441 g/mol. The van der Waals surface area contributed by atoms with Crippen molar-refractivity contribution in [1.82, 2.24) is 5.32 Å². The fourth-order valence-corrected chi connectivity index (χ4v) is 2.85. The molecule has 0 aromatic heterocycles. The first kappa shape index (κ1) is 18.5. The van der Waals surface area contributed by atoms with Crippen molar-refractivity contribution >= 4 is 35.6 Å². The first-order chi connectivity index (χ1) is 11.2. The molecule has 1 N–H and O–H groups in total. The van der Waals surface area contributed by atoms with E-state index in [0.29, 0.717) is 6.54 Å². The van der Waals surface area contributed by atoms with Crippen LogP contribution in [0.1, 0.15) is 11.1 Å². The molecule has 0 spiro atoms. The van der Waals surface area contributed by atoms with Crippen LogP contribution in [0.15, 0.2) is 47.5 Å². The molecule has 0 radical (unpaired) electrons. The number of aliphatic imine (C=N–C) groups is 1. The molecule has 2 aromatic rings. The van der Waals surface area contributed by atoms with Crippen molar-refractivity contribution in [3.05, 3.63) is 59.4 Å². The second-order valence-electron chi connectivity index (χ2n) is 5.40. The van der Waals surface area contributed by atoms with Crippen molar-refractivity contribution in [2.75, 3.05) is 25.6 Å². The molecule has 0 saturated carbocycles. The minimum absolute atomic E-state index is 0. The lowest BCUT2D eigenvalue weighted by atomic mass is 10.2. The molecule has 24 heavy (non-hydrogen) atoms. The van der Waals surface area contributed by atoms with E-state index >= 15 is 0 Å². The molecular weight excluding hydrogens is 420 g/mol. The number of guanidine groups is 1. The highest BCUT2D eigenvalue weighted by Crippen LogP contribution is 2.27. The van der Waals surface area contributed by atoms with Crippen molar-refractivity contribution < 1.29 is 9.13 Å². The summed E-state index contributed by atoms with van der Waals surface area (Å²) in [6.45, 7) is 1.41. The van der Waals surface area contributed by atoms with E-state index in [4.69, 9.17) is 4.74 Å². The quantitative estimate of drug-likeness (QED) is 0.450. The number of halogens is 2. The predicted molar refractivity (Wildman–Crippen MR) is 106 cm³/mol. The molecule has 128 valence electrons. The lowest BCUT2D eigenvalue weighted by Gasteiger charge is -2.22. The van der Waals surface area contributed by atoms with Crippen LogP contribution in [0.25, 0.3) is 0 Å². The number of benzene rings is 2. The molecule has 1 aliphatic rings. The van der Waals surface area contributed by atoms with E-state index in [1.807, 2.05) is 12.1 Å². The smallest absolute Gasteiger partial charge is 0.198 e. The highest BCUT2D eigenvalue weighted by molar-refractivity contribution is 14.0. The van der Waals surface area contributed by atoms with Crippen LogP contribution in [-0.4, -0.2) is 26.7 Å². The van der Waals surface area contributed by atoms with Gasteiger partial charge in [-0.05, 0) is 35.7 Å². The zero-order valence-electron chi connectivity index (χ0n) is 13.8. The van der Waals surface area contributed by atoms with Gasteiger partial charge in [0.25, 0.3) is 0 Å². The van der Waals surface area contributed by atoms with Gasteiger partial charge in [0.05, 0.1) is 7.11 Å². The van der Waals surface area contributed by atoms with E-state index in [1.165, 1.54) is 24.4 Å². The molecule has 2 aromatic carbocycles. The van der Waals surface area contributed by atoms with Gasteiger partial charge in [-0.1, -0.05) is 24.3 Å². The van der Waals surface area contributed by atoms with Crippen LogP contribution >= 0.6 is 24.0 Å². The van der Waals surface area contributed by atoms with E-state index in [1.54, 1.807) is 13.1 Å². The first-order valence-corrected chi connectivity index (χ1v) is 7.61. The molecule has 3 rings (SSSR count). The lowest BCUT2D eigenvalue weighted by Crippen LogP contribution is -2.40. The fraction of sp³-hybridized carbons (Fsp3) is 0.278. The Kier molecular flexibility index (Phi) is 6.42. The Morgan fingerprint density at radius 2 is 2.08 bits per heavy atom. The van der Waals surface area contributed by atoms with Crippen molar-refractivity contribution in [3.63, 3.8) is 0 Å². The maximum Gasteiger partial charge on any atom is 0.198 e. The summed E-state index contributed by atoms with van der Waals surface area (Å²) in [7, 11) is 3.22. The van der Waals surface area contributed by atoms with Gasteiger partial charge in [-0.2, -0.15) is 0 Å². The van der Waals surface area contributed by atoms with Crippen LogP contribution in [-0.2, 0) is 13.0 Å². The summed E-state index contributed by atoms with van der Waals surface area (Å²) in [5, 5.41) is 3.30. The van der Waals surface area contributed by atoms with Gasteiger partial charge in [0, 0.05) is 25.8 Å². The first-order valence-electron chi connectivity index (χ1n) is 7.61. The van der Waals surface area contributed by atoms with E-state index < -0.39 is 0 Å². The molecular formula is C18H21FIN3O.